The van der Waals surface area contributed by atoms with Crippen molar-refractivity contribution in [3.05, 3.63) is 39.8 Å². The molecule has 10 heteroatoms. The Hall–Kier alpha value is -1.91. The van der Waals surface area contributed by atoms with E-state index in [2.05, 4.69) is 15.3 Å². The van der Waals surface area contributed by atoms with Gasteiger partial charge in [-0.2, -0.15) is 18.3 Å². The number of thiophene rings is 1. The topological polar surface area (TPSA) is 59.4 Å². The number of morpholine rings is 1. The number of amides is 1. The molecular weight excluding hydrogens is 381 g/mol. The molecule has 0 radical (unpaired) electrons. The van der Waals surface area contributed by atoms with Crippen molar-refractivity contribution in [2.24, 2.45) is 7.05 Å². The van der Waals surface area contributed by atoms with E-state index in [0.717, 1.165) is 15.8 Å². The van der Waals surface area contributed by atoms with Gasteiger partial charge in [0.05, 0.1) is 24.3 Å². The van der Waals surface area contributed by atoms with Crippen LogP contribution in [-0.2, 0) is 18.0 Å². The summed E-state index contributed by atoms with van der Waals surface area (Å²) in [6.07, 6.45) is -3.53. The minimum Gasteiger partial charge on any atom is -0.376 e. The molecule has 0 aromatic carbocycles. The van der Waals surface area contributed by atoms with Crippen molar-refractivity contribution in [2.75, 3.05) is 26.2 Å². The Kier molecular flexibility index (Phi) is 5.87. The third kappa shape index (κ3) is 4.69. The normalized spacial score (nSPS) is 19.8. The average Bonchev–Trinajstić information content (AvgIpc) is 3.24. The maximum Gasteiger partial charge on any atom is 0.435 e. The minimum absolute atomic E-state index is 0.0621. The predicted octanol–water partition coefficient (Wildman–Crippen LogP) is 2.69. The SMILES string of the molecule is CC1CN(C(CNC(=O)c2cn(C)nc2C(F)(F)F)c2cccs2)CCO1. The quantitative estimate of drug-likeness (QED) is 0.836. The highest BCUT2D eigenvalue weighted by Gasteiger charge is 2.39. The fraction of sp³-hybridized carbons (Fsp3) is 0.529. The van der Waals surface area contributed by atoms with Gasteiger partial charge in [0.1, 0.15) is 0 Å². The predicted molar refractivity (Wildman–Crippen MR) is 94.6 cm³/mol. The number of nitrogens with one attached hydrogen (secondary N) is 1. The molecule has 3 heterocycles. The van der Waals surface area contributed by atoms with Gasteiger partial charge in [-0.25, -0.2) is 0 Å². The molecule has 1 N–H and O–H groups in total. The summed E-state index contributed by atoms with van der Waals surface area (Å²) in [4.78, 5) is 15.7. The number of rotatable bonds is 5. The summed E-state index contributed by atoms with van der Waals surface area (Å²) >= 11 is 1.55. The molecule has 2 aromatic rings. The monoisotopic (exact) mass is 402 g/mol. The van der Waals surface area contributed by atoms with Crippen LogP contribution >= 0.6 is 11.3 Å². The number of nitrogens with zero attached hydrogens (tertiary/aromatic N) is 3. The summed E-state index contributed by atoms with van der Waals surface area (Å²) in [5.41, 5.74) is -1.64. The lowest BCUT2D eigenvalue weighted by atomic mass is 10.1. The van der Waals surface area contributed by atoms with Gasteiger partial charge in [-0.05, 0) is 18.4 Å². The molecular formula is C17H21F3N4O2S. The molecule has 0 aliphatic carbocycles. The zero-order chi connectivity index (χ0) is 19.6. The first-order chi connectivity index (χ1) is 12.8. The Balaban J connectivity index is 1.75. The van der Waals surface area contributed by atoms with Crippen LogP contribution in [-0.4, -0.2) is 52.9 Å². The molecule has 0 bridgehead atoms. The lowest BCUT2D eigenvalue weighted by Gasteiger charge is -2.37. The van der Waals surface area contributed by atoms with Gasteiger partial charge in [0.25, 0.3) is 5.91 Å². The lowest BCUT2D eigenvalue weighted by Crippen LogP contribution is -2.46. The molecule has 27 heavy (non-hydrogen) atoms. The third-order valence-electron chi connectivity index (χ3n) is 4.38. The smallest absolute Gasteiger partial charge is 0.376 e. The van der Waals surface area contributed by atoms with E-state index in [-0.39, 0.29) is 18.7 Å². The maximum atomic E-state index is 13.1. The van der Waals surface area contributed by atoms with Crippen LogP contribution in [0.1, 0.15) is 33.9 Å². The first kappa shape index (κ1) is 19.8. The Bertz CT molecular complexity index is 776. The molecule has 1 amide bonds. The summed E-state index contributed by atoms with van der Waals surface area (Å²) in [5, 5.41) is 7.98. The summed E-state index contributed by atoms with van der Waals surface area (Å²) < 4.78 is 45.9. The molecule has 1 saturated heterocycles. The fourth-order valence-electron chi connectivity index (χ4n) is 3.17. The second-order valence-electron chi connectivity index (χ2n) is 6.48. The van der Waals surface area contributed by atoms with Crippen molar-refractivity contribution < 1.29 is 22.7 Å². The van der Waals surface area contributed by atoms with Gasteiger partial charge in [-0.3, -0.25) is 14.4 Å². The number of aryl methyl sites for hydroxylation is 1. The molecule has 0 spiro atoms. The van der Waals surface area contributed by atoms with Crippen molar-refractivity contribution in [1.29, 1.82) is 0 Å². The molecule has 0 saturated carbocycles. The molecule has 3 rings (SSSR count). The second kappa shape index (κ2) is 7.99. The van der Waals surface area contributed by atoms with E-state index >= 15 is 0 Å². The van der Waals surface area contributed by atoms with E-state index in [1.54, 1.807) is 11.3 Å². The molecule has 148 valence electrons. The van der Waals surface area contributed by atoms with E-state index in [4.69, 9.17) is 4.74 Å². The fourth-order valence-corrected chi connectivity index (χ4v) is 4.03. The van der Waals surface area contributed by atoms with Crippen LogP contribution in [0.3, 0.4) is 0 Å². The Morgan fingerprint density at radius 3 is 2.93 bits per heavy atom. The van der Waals surface area contributed by atoms with E-state index in [0.29, 0.717) is 19.7 Å². The van der Waals surface area contributed by atoms with Crippen molar-refractivity contribution >= 4 is 17.2 Å². The molecule has 1 aliphatic heterocycles. The summed E-state index contributed by atoms with van der Waals surface area (Å²) in [5.74, 6) is -0.779. The number of halogens is 3. The van der Waals surface area contributed by atoms with Gasteiger partial charge < -0.3 is 10.1 Å². The number of alkyl halides is 3. The molecule has 2 unspecified atom stereocenters. The van der Waals surface area contributed by atoms with Gasteiger partial charge in [-0.1, -0.05) is 6.07 Å². The summed E-state index contributed by atoms with van der Waals surface area (Å²) in [7, 11) is 1.36. The molecule has 1 fully saturated rings. The lowest BCUT2D eigenvalue weighted by molar-refractivity contribution is -0.141. The minimum atomic E-state index is -4.68. The standard InChI is InChI=1S/C17H21F3N4O2S/c1-11-9-24(5-6-26-11)13(14-4-3-7-27-14)8-21-16(25)12-10-23(2)22-15(12)17(18,19)20/h3-4,7,10-11,13H,5-6,8-9H2,1-2H3,(H,21,25). The van der Waals surface area contributed by atoms with Gasteiger partial charge in [0.15, 0.2) is 5.69 Å². The third-order valence-corrected chi connectivity index (χ3v) is 5.36. The van der Waals surface area contributed by atoms with Crippen molar-refractivity contribution in [3.8, 4) is 0 Å². The van der Waals surface area contributed by atoms with Crippen LogP contribution in [0.5, 0.6) is 0 Å². The maximum absolute atomic E-state index is 13.1. The number of hydrogen-bond donors (Lipinski definition) is 1. The van der Waals surface area contributed by atoms with Gasteiger partial charge in [0, 0.05) is 37.8 Å². The molecule has 6 nitrogen and oxygen atoms in total. The number of ether oxygens (including phenoxy) is 1. The highest BCUT2D eigenvalue weighted by atomic mass is 32.1. The highest BCUT2D eigenvalue weighted by Crippen LogP contribution is 2.31. The number of aromatic nitrogens is 2. The number of carbonyl (C=O) groups is 1. The largest absolute Gasteiger partial charge is 0.435 e. The van der Waals surface area contributed by atoms with Crippen LogP contribution < -0.4 is 5.32 Å². The van der Waals surface area contributed by atoms with Crippen LogP contribution in [0.15, 0.2) is 23.7 Å². The highest BCUT2D eigenvalue weighted by molar-refractivity contribution is 7.10. The first-order valence-electron chi connectivity index (χ1n) is 8.54. The molecule has 2 aromatic heterocycles. The van der Waals surface area contributed by atoms with E-state index in [1.165, 1.54) is 7.05 Å². The Morgan fingerprint density at radius 1 is 1.52 bits per heavy atom. The number of hydrogen-bond acceptors (Lipinski definition) is 5. The first-order valence-corrected chi connectivity index (χ1v) is 9.41. The van der Waals surface area contributed by atoms with Crippen LogP contribution in [0.2, 0.25) is 0 Å². The van der Waals surface area contributed by atoms with Crippen LogP contribution in [0, 0.1) is 0 Å². The van der Waals surface area contributed by atoms with Crippen LogP contribution in [0.4, 0.5) is 13.2 Å². The zero-order valence-corrected chi connectivity index (χ0v) is 15.8. The van der Waals surface area contributed by atoms with E-state index in [1.807, 2.05) is 24.4 Å². The summed E-state index contributed by atoms with van der Waals surface area (Å²) in [6, 6.07) is 3.76. The Morgan fingerprint density at radius 2 is 2.30 bits per heavy atom. The van der Waals surface area contributed by atoms with Gasteiger partial charge >= 0.3 is 6.18 Å². The zero-order valence-electron chi connectivity index (χ0n) is 15.0. The van der Waals surface area contributed by atoms with Crippen molar-refractivity contribution in [2.45, 2.75) is 25.2 Å². The van der Waals surface area contributed by atoms with Crippen molar-refractivity contribution in [1.82, 2.24) is 20.0 Å². The average molecular weight is 402 g/mol. The molecule has 1 aliphatic rings. The second-order valence-corrected chi connectivity index (χ2v) is 7.46. The van der Waals surface area contributed by atoms with Gasteiger partial charge in [0.2, 0.25) is 0 Å². The van der Waals surface area contributed by atoms with E-state index < -0.39 is 23.3 Å². The Labute approximate surface area is 158 Å². The number of carbonyl (C=O) groups excluding carboxylic acids is 1. The van der Waals surface area contributed by atoms with Gasteiger partial charge in [-0.15, -0.1) is 11.3 Å². The summed E-state index contributed by atoms with van der Waals surface area (Å²) in [6.45, 7) is 4.15. The molecule has 2 atom stereocenters. The van der Waals surface area contributed by atoms with Crippen LogP contribution in [0.25, 0.3) is 0 Å². The van der Waals surface area contributed by atoms with Crippen molar-refractivity contribution in [3.63, 3.8) is 0 Å². The van der Waals surface area contributed by atoms with E-state index in [9.17, 15) is 18.0 Å².